The molecule has 2 heterocycles. The summed E-state index contributed by atoms with van der Waals surface area (Å²) in [6.45, 7) is 0. The molecule has 1 aromatic heterocycles. The van der Waals surface area contributed by atoms with Crippen molar-refractivity contribution in [3.05, 3.63) is 46.3 Å². The molecule has 0 radical (unpaired) electrons. The van der Waals surface area contributed by atoms with Crippen LogP contribution in [0.15, 0.2) is 28.8 Å². The Kier molecular flexibility index (Phi) is 4.80. The third kappa shape index (κ3) is 3.67. The highest BCUT2D eigenvalue weighted by atomic mass is 35.5. The molecule has 34 heavy (non-hydrogen) atoms. The van der Waals surface area contributed by atoms with Gasteiger partial charge in [0, 0.05) is 39.9 Å². The number of carbonyl (C=O) groups is 1. The molecular formula is C23H22ClF3N2O5. The van der Waals surface area contributed by atoms with E-state index in [0.29, 0.717) is 47.1 Å². The number of aliphatic hydroxyl groups excluding tert-OH is 1. The van der Waals surface area contributed by atoms with E-state index in [-0.39, 0.29) is 42.0 Å². The summed E-state index contributed by atoms with van der Waals surface area (Å²) in [6.07, 6.45) is -4.30. The number of fused-ring (bicyclic) bond motifs is 1. The molecule has 4 aliphatic carbocycles. The van der Waals surface area contributed by atoms with Crippen LogP contribution < -0.4 is 10.1 Å². The maximum absolute atomic E-state index is 12.9. The van der Waals surface area contributed by atoms with Gasteiger partial charge in [0.2, 0.25) is 0 Å². The molecule has 5 aliphatic rings. The zero-order valence-corrected chi connectivity index (χ0v) is 18.7. The van der Waals surface area contributed by atoms with Crippen molar-refractivity contribution >= 4 is 17.5 Å². The smallest absolute Gasteiger partial charge is 0.480 e. The molecule has 4 saturated carbocycles. The van der Waals surface area contributed by atoms with Crippen LogP contribution in [-0.2, 0) is 14.9 Å². The number of nitrogens with one attached hydrogen (secondary N) is 1. The van der Waals surface area contributed by atoms with Gasteiger partial charge in [-0.25, -0.2) is 0 Å². The highest BCUT2D eigenvalue weighted by molar-refractivity contribution is 6.30. The highest BCUT2D eigenvalue weighted by Gasteiger charge is 2.71. The molecule has 1 amide bonds. The van der Waals surface area contributed by atoms with Crippen LogP contribution in [0.25, 0.3) is 0 Å². The van der Waals surface area contributed by atoms with E-state index in [1.807, 2.05) is 6.07 Å². The Bertz CT molecular complexity index is 1130. The number of rotatable bonds is 5. The normalized spacial score (nSPS) is 35.8. The van der Waals surface area contributed by atoms with Crippen molar-refractivity contribution in [2.45, 2.75) is 80.1 Å². The topological polar surface area (TPSA) is 93.8 Å². The van der Waals surface area contributed by atoms with Crippen LogP contribution in [-0.4, -0.2) is 40.3 Å². The molecule has 2 atom stereocenters. The lowest BCUT2D eigenvalue weighted by Gasteiger charge is -2.69. The van der Waals surface area contributed by atoms with E-state index < -0.39 is 24.7 Å². The first-order chi connectivity index (χ1) is 16.0. The molecule has 4 fully saturated rings. The van der Waals surface area contributed by atoms with Gasteiger partial charge in [-0.3, -0.25) is 9.53 Å². The number of aromatic nitrogens is 1. The number of benzene rings is 1. The minimum Gasteiger partial charge on any atom is -0.480 e. The van der Waals surface area contributed by atoms with Gasteiger partial charge in [0.15, 0.2) is 6.10 Å². The fourth-order valence-corrected chi connectivity index (χ4v) is 6.11. The van der Waals surface area contributed by atoms with Gasteiger partial charge in [0.25, 0.3) is 5.91 Å². The Balaban J connectivity index is 1.03. The van der Waals surface area contributed by atoms with Gasteiger partial charge in [0.1, 0.15) is 11.5 Å². The number of hydrogen-bond acceptors (Lipinski definition) is 6. The molecule has 2 N–H and O–H groups in total. The summed E-state index contributed by atoms with van der Waals surface area (Å²) >= 11 is 5.98. The summed E-state index contributed by atoms with van der Waals surface area (Å²) in [5.74, 6) is 0.800. The number of halogens is 4. The number of alkyl halides is 3. The third-order valence-corrected chi connectivity index (χ3v) is 7.85. The summed E-state index contributed by atoms with van der Waals surface area (Å²) < 4.78 is 52.3. The Labute approximate surface area is 197 Å². The Hall–Kier alpha value is -2.30. The Morgan fingerprint density at radius 2 is 1.94 bits per heavy atom. The number of ether oxygens (including phenoxy) is 2. The van der Waals surface area contributed by atoms with E-state index in [2.05, 4.69) is 15.2 Å². The molecule has 0 saturated heterocycles. The predicted molar refractivity (Wildman–Crippen MR) is 111 cm³/mol. The van der Waals surface area contributed by atoms with Gasteiger partial charge in [-0.1, -0.05) is 16.8 Å². The maximum Gasteiger partial charge on any atom is 0.522 e. The molecule has 0 spiro atoms. The number of nitrogens with zero attached hydrogens (tertiary/aromatic N) is 1. The third-order valence-electron chi connectivity index (χ3n) is 7.61. The van der Waals surface area contributed by atoms with Gasteiger partial charge in [-0.15, -0.1) is 13.2 Å². The van der Waals surface area contributed by atoms with Crippen molar-refractivity contribution < 1.29 is 37.1 Å². The van der Waals surface area contributed by atoms with Crippen molar-refractivity contribution in [2.24, 2.45) is 0 Å². The molecule has 11 heteroatoms. The molecule has 1 aromatic carbocycles. The first kappa shape index (κ1) is 22.2. The van der Waals surface area contributed by atoms with Crippen molar-refractivity contribution in [3.8, 4) is 5.75 Å². The zero-order valence-electron chi connectivity index (χ0n) is 17.9. The van der Waals surface area contributed by atoms with Crippen LogP contribution >= 0.6 is 11.6 Å². The van der Waals surface area contributed by atoms with E-state index in [1.165, 1.54) is 0 Å². The minimum absolute atomic E-state index is 0.0986. The lowest BCUT2D eigenvalue weighted by molar-refractivity contribution is -0.351. The quantitative estimate of drug-likeness (QED) is 0.639. The van der Waals surface area contributed by atoms with Gasteiger partial charge < -0.3 is 19.7 Å². The second-order valence-electron chi connectivity index (χ2n) is 10.1. The van der Waals surface area contributed by atoms with Crippen LogP contribution in [0, 0.1) is 0 Å². The van der Waals surface area contributed by atoms with Gasteiger partial charge in [0.05, 0.1) is 17.9 Å². The molecule has 182 valence electrons. The van der Waals surface area contributed by atoms with Crippen molar-refractivity contribution in [3.63, 3.8) is 0 Å². The molecule has 0 unspecified atom stereocenters. The van der Waals surface area contributed by atoms with E-state index >= 15 is 0 Å². The number of carbonyl (C=O) groups excluding carboxylic acids is 1. The monoisotopic (exact) mass is 498 g/mol. The van der Waals surface area contributed by atoms with Gasteiger partial charge in [-0.05, 0) is 50.3 Å². The van der Waals surface area contributed by atoms with Crippen molar-refractivity contribution in [2.75, 3.05) is 0 Å². The van der Waals surface area contributed by atoms with E-state index in [9.17, 15) is 23.1 Å². The van der Waals surface area contributed by atoms with Crippen molar-refractivity contribution in [1.29, 1.82) is 0 Å². The van der Waals surface area contributed by atoms with E-state index in [4.69, 9.17) is 20.9 Å². The summed E-state index contributed by atoms with van der Waals surface area (Å²) in [5.41, 5.74) is 0.703. The molecular weight excluding hydrogens is 477 g/mol. The largest absolute Gasteiger partial charge is 0.522 e. The summed E-state index contributed by atoms with van der Waals surface area (Å²) in [7, 11) is 0. The SMILES string of the molecule is O=C(NC12CC(c3cc([C@H]4C[C@H](OC(F)(F)F)C4)no3)(C1)C2)[C@H]1C[C@@H](O)c2cc(Cl)ccc2O1. The van der Waals surface area contributed by atoms with E-state index in [1.54, 1.807) is 18.2 Å². The standard InChI is InChI=1S/C23H22ClF3N2O5/c24-12-1-2-17-14(5-12)16(30)7-18(32-17)20(31)28-22-8-21(9-22,10-22)19-6-15(29-34-19)11-3-13(4-11)33-23(25,26)27/h1-2,5-6,11,13,16,18,30H,3-4,7-10H2,(H,28,31)/t11-,13-,16-,18-,21?,22?/m1/s1. The Morgan fingerprint density at radius 1 is 1.21 bits per heavy atom. The van der Waals surface area contributed by atoms with Crippen LogP contribution in [0.1, 0.15) is 67.6 Å². The second-order valence-corrected chi connectivity index (χ2v) is 10.5. The fraction of sp³-hybridized carbons (Fsp3) is 0.565. The average Bonchev–Trinajstić information content (AvgIpc) is 3.14. The van der Waals surface area contributed by atoms with Gasteiger partial charge in [-0.2, -0.15) is 0 Å². The minimum atomic E-state index is -4.62. The second kappa shape index (κ2) is 7.35. The lowest BCUT2D eigenvalue weighted by Crippen LogP contribution is -2.77. The Morgan fingerprint density at radius 3 is 2.65 bits per heavy atom. The summed E-state index contributed by atoms with van der Waals surface area (Å²) in [4.78, 5) is 12.9. The maximum atomic E-state index is 12.9. The van der Waals surface area contributed by atoms with Crippen LogP contribution in [0.5, 0.6) is 5.75 Å². The predicted octanol–water partition coefficient (Wildman–Crippen LogP) is 4.29. The molecule has 2 bridgehead atoms. The average molecular weight is 499 g/mol. The van der Waals surface area contributed by atoms with Crippen LogP contribution in [0.2, 0.25) is 5.02 Å². The number of amides is 1. The first-order valence-electron chi connectivity index (χ1n) is 11.2. The first-order valence-corrected chi connectivity index (χ1v) is 11.6. The number of hydrogen-bond donors (Lipinski definition) is 2. The molecule has 1 aliphatic heterocycles. The highest BCUT2D eigenvalue weighted by Crippen LogP contribution is 2.68. The van der Waals surface area contributed by atoms with Crippen LogP contribution in [0.4, 0.5) is 13.2 Å². The molecule has 7 rings (SSSR count). The van der Waals surface area contributed by atoms with Gasteiger partial charge >= 0.3 is 6.36 Å². The molecule has 2 aromatic rings. The number of aliphatic hydroxyl groups is 1. The fourth-order valence-electron chi connectivity index (χ4n) is 5.93. The van der Waals surface area contributed by atoms with Crippen LogP contribution in [0.3, 0.4) is 0 Å². The van der Waals surface area contributed by atoms with E-state index in [0.717, 1.165) is 0 Å². The molecule has 7 nitrogen and oxygen atoms in total. The summed E-state index contributed by atoms with van der Waals surface area (Å²) in [5, 5.41) is 18.1. The zero-order chi connectivity index (χ0) is 23.9. The lowest BCUT2D eigenvalue weighted by atomic mass is 9.38. The summed E-state index contributed by atoms with van der Waals surface area (Å²) in [6, 6.07) is 6.77. The van der Waals surface area contributed by atoms with Crippen molar-refractivity contribution in [1.82, 2.24) is 10.5 Å².